The molecule has 1 heterocycles. The Balaban J connectivity index is 2.67. The standard InChI is InChI=1S/C9H8N2O4S/c1-10-9(13)11-8(12)6-4-2-3-5-7(6)16(11,14)15/h2-5H,1H3,(H,10,13). The molecule has 0 fully saturated rings. The molecular weight excluding hydrogens is 232 g/mol. The third-order valence-electron chi connectivity index (χ3n) is 2.22. The van der Waals surface area contributed by atoms with Crippen molar-refractivity contribution in [1.29, 1.82) is 0 Å². The summed E-state index contributed by atoms with van der Waals surface area (Å²) in [5, 5.41) is 2.11. The number of carbonyl (C=O) groups is 2. The van der Waals surface area contributed by atoms with E-state index in [0.717, 1.165) is 0 Å². The lowest BCUT2D eigenvalue weighted by Gasteiger charge is -2.11. The lowest BCUT2D eigenvalue weighted by atomic mass is 10.2. The van der Waals surface area contributed by atoms with Crippen molar-refractivity contribution < 1.29 is 18.0 Å². The smallest absolute Gasteiger partial charge is 0.338 e. The van der Waals surface area contributed by atoms with Crippen LogP contribution in [-0.2, 0) is 10.0 Å². The van der Waals surface area contributed by atoms with Gasteiger partial charge in [0.1, 0.15) is 4.90 Å². The number of hydrogen-bond donors (Lipinski definition) is 1. The Morgan fingerprint density at radius 3 is 2.50 bits per heavy atom. The summed E-state index contributed by atoms with van der Waals surface area (Å²) in [6.45, 7) is 0. The van der Waals surface area contributed by atoms with E-state index in [9.17, 15) is 18.0 Å². The van der Waals surface area contributed by atoms with Crippen LogP contribution in [0.15, 0.2) is 29.2 Å². The molecule has 7 heteroatoms. The van der Waals surface area contributed by atoms with Gasteiger partial charge >= 0.3 is 6.03 Å². The molecule has 16 heavy (non-hydrogen) atoms. The van der Waals surface area contributed by atoms with Crippen LogP contribution in [0.3, 0.4) is 0 Å². The minimum Gasteiger partial charge on any atom is -0.340 e. The Morgan fingerprint density at radius 1 is 1.31 bits per heavy atom. The quantitative estimate of drug-likeness (QED) is 0.700. The molecule has 1 aliphatic heterocycles. The third kappa shape index (κ3) is 1.21. The van der Waals surface area contributed by atoms with Crippen molar-refractivity contribution in [3.63, 3.8) is 0 Å². The second kappa shape index (κ2) is 3.31. The van der Waals surface area contributed by atoms with Gasteiger partial charge in [-0.3, -0.25) is 4.79 Å². The fourth-order valence-electron chi connectivity index (χ4n) is 1.49. The Morgan fingerprint density at radius 2 is 1.94 bits per heavy atom. The van der Waals surface area contributed by atoms with Crippen LogP contribution in [0.5, 0.6) is 0 Å². The highest BCUT2D eigenvalue weighted by Gasteiger charge is 2.44. The molecule has 1 aromatic rings. The van der Waals surface area contributed by atoms with E-state index in [2.05, 4.69) is 5.32 Å². The first-order chi connectivity index (χ1) is 7.50. The maximum atomic E-state index is 11.8. The zero-order valence-corrected chi connectivity index (χ0v) is 9.11. The molecule has 0 saturated carbocycles. The largest absolute Gasteiger partial charge is 0.340 e. The molecule has 1 N–H and O–H groups in total. The number of hydrogen-bond acceptors (Lipinski definition) is 4. The number of urea groups is 1. The van der Waals surface area contributed by atoms with Gasteiger partial charge in [0.05, 0.1) is 5.56 Å². The highest BCUT2D eigenvalue weighted by atomic mass is 32.2. The second-order valence-electron chi connectivity index (χ2n) is 3.13. The minimum atomic E-state index is -4.04. The predicted octanol–water partition coefficient (Wildman–Crippen LogP) is 0.171. The van der Waals surface area contributed by atoms with E-state index >= 15 is 0 Å². The van der Waals surface area contributed by atoms with Crippen LogP contribution in [0, 0.1) is 0 Å². The normalized spacial score (nSPS) is 17.1. The summed E-state index contributed by atoms with van der Waals surface area (Å²) in [7, 11) is -2.78. The van der Waals surface area contributed by atoms with E-state index in [1.807, 2.05) is 0 Å². The Hall–Kier alpha value is -1.89. The van der Waals surface area contributed by atoms with Gasteiger partial charge in [0.25, 0.3) is 15.9 Å². The van der Waals surface area contributed by atoms with Crippen molar-refractivity contribution >= 4 is 22.0 Å². The summed E-state index contributed by atoms with van der Waals surface area (Å²) in [5.41, 5.74) is 0.0195. The monoisotopic (exact) mass is 240 g/mol. The van der Waals surface area contributed by atoms with Crippen LogP contribution in [0.4, 0.5) is 4.79 Å². The first-order valence-electron chi connectivity index (χ1n) is 4.40. The molecule has 6 nitrogen and oxygen atoms in total. The maximum absolute atomic E-state index is 11.8. The predicted molar refractivity (Wildman–Crippen MR) is 54.3 cm³/mol. The Labute approximate surface area is 91.9 Å². The molecule has 0 bridgehead atoms. The first kappa shape index (κ1) is 10.6. The Bertz CT molecular complexity index is 579. The zero-order valence-electron chi connectivity index (χ0n) is 8.30. The van der Waals surface area contributed by atoms with Crippen LogP contribution < -0.4 is 5.32 Å². The average Bonchev–Trinajstić information content (AvgIpc) is 2.47. The van der Waals surface area contributed by atoms with Crippen LogP contribution in [-0.4, -0.2) is 31.7 Å². The van der Waals surface area contributed by atoms with Gasteiger partial charge in [0, 0.05) is 7.05 Å². The molecular formula is C9H8N2O4S. The number of benzene rings is 1. The maximum Gasteiger partial charge on any atom is 0.338 e. The van der Waals surface area contributed by atoms with Gasteiger partial charge in [0.15, 0.2) is 0 Å². The van der Waals surface area contributed by atoms with Gasteiger partial charge in [0.2, 0.25) is 0 Å². The number of nitrogens with zero attached hydrogens (tertiary/aromatic N) is 1. The number of rotatable bonds is 0. The van der Waals surface area contributed by atoms with Gasteiger partial charge in [-0.15, -0.1) is 4.31 Å². The number of imide groups is 1. The van der Waals surface area contributed by atoms with Crippen molar-refractivity contribution in [3.05, 3.63) is 29.8 Å². The first-order valence-corrected chi connectivity index (χ1v) is 5.84. The van der Waals surface area contributed by atoms with E-state index in [-0.39, 0.29) is 14.8 Å². The number of fused-ring (bicyclic) bond motifs is 1. The summed E-state index contributed by atoms with van der Waals surface area (Å²) >= 11 is 0. The van der Waals surface area contributed by atoms with Gasteiger partial charge in [-0.1, -0.05) is 12.1 Å². The summed E-state index contributed by atoms with van der Waals surface area (Å²) in [6, 6.07) is 4.75. The van der Waals surface area contributed by atoms with Crippen LogP contribution in [0.1, 0.15) is 10.4 Å². The second-order valence-corrected chi connectivity index (χ2v) is 4.88. The van der Waals surface area contributed by atoms with Gasteiger partial charge < -0.3 is 5.32 Å². The minimum absolute atomic E-state index is 0.0195. The van der Waals surface area contributed by atoms with E-state index in [1.54, 1.807) is 6.07 Å². The summed E-state index contributed by atoms with van der Waals surface area (Å²) in [6.07, 6.45) is 0. The van der Waals surface area contributed by atoms with Gasteiger partial charge in [-0.2, -0.15) is 0 Å². The molecule has 84 valence electrons. The molecule has 0 aromatic heterocycles. The topological polar surface area (TPSA) is 83.6 Å². The lowest BCUT2D eigenvalue weighted by molar-refractivity contribution is 0.0894. The SMILES string of the molecule is CNC(=O)N1C(=O)c2ccccc2S1(=O)=O. The van der Waals surface area contributed by atoms with Gasteiger partial charge in [-0.05, 0) is 12.1 Å². The number of sulfonamides is 1. The zero-order chi connectivity index (χ0) is 11.9. The van der Waals surface area contributed by atoms with Gasteiger partial charge in [-0.25, -0.2) is 13.2 Å². The van der Waals surface area contributed by atoms with Crippen LogP contribution in [0.25, 0.3) is 0 Å². The van der Waals surface area contributed by atoms with E-state index in [1.165, 1.54) is 25.2 Å². The van der Waals surface area contributed by atoms with Crippen molar-refractivity contribution in [1.82, 2.24) is 9.62 Å². The fraction of sp³-hybridized carbons (Fsp3) is 0.111. The number of carbonyl (C=O) groups excluding carboxylic acids is 2. The summed E-state index contributed by atoms with van der Waals surface area (Å²) < 4.78 is 23.9. The third-order valence-corrected chi connectivity index (χ3v) is 3.94. The fourth-order valence-corrected chi connectivity index (χ4v) is 2.99. The van der Waals surface area contributed by atoms with E-state index in [0.29, 0.717) is 0 Å². The number of nitrogens with one attached hydrogen (secondary N) is 1. The van der Waals surface area contributed by atoms with Crippen LogP contribution >= 0.6 is 0 Å². The van der Waals surface area contributed by atoms with E-state index in [4.69, 9.17) is 0 Å². The molecule has 2 rings (SSSR count). The van der Waals surface area contributed by atoms with Crippen molar-refractivity contribution in [2.24, 2.45) is 0 Å². The van der Waals surface area contributed by atoms with Crippen molar-refractivity contribution in [2.75, 3.05) is 7.05 Å². The van der Waals surface area contributed by atoms with Crippen molar-refractivity contribution in [2.45, 2.75) is 4.90 Å². The molecule has 0 aliphatic carbocycles. The Kier molecular flexibility index (Phi) is 2.20. The summed E-state index contributed by atoms with van der Waals surface area (Å²) in [5.74, 6) is -0.824. The molecule has 3 amide bonds. The lowest BCUT2D eigenvalue weighted by Crippen LogP contribution is -2.41. The van der Waals surface area contributed by atoms with Crippen LogP contribution in [0.2, 0.25) is 0 Å². The molecule has 1 aliphatic rings. The number of amides is 3. The average molecular weight is 240 g/mol. The summed E-state index contributed by atoms with van der Waals surface area (Å²) in [4.78, 5) is 22.9. The molecule has 0 spiro atoms. The van der Waals surface area contributed by atoms with E-state index < -0.39 is 22.0 Å². The van der Waals surface area contributed by atoms with Crippen molar-refractivity contribution in [3.8, 4) is 0 Å². The molecule has 0 atom stereocenters. The molecule has 0 radical (unpaired) electrons. The molecule has 0 unspecified atom stereocenters. The molecule has 0 saturated heterocycles. The molecule has 1 aromatic carbocycles. The highest BCUT2D eigenvalue weighted by Crippen LogP contribution is 2.29. The highest BCUT2D eigenvalue weighted by molar-refractivity contribution is 7.90.